The zero-order valence-electron chi connectivity index (χ0n) is 3.73. The van der Waals surface area contributed by atoms with Gasteiger partial charge in [-0.1, -0.05) is 0 Å². The van der Waals surface area contributed by atoms with Crippen LogP contribution in [0.4, 0.5) is 0 Å². The van der Waals surface area contributed by atoms with Crippen molar-refractivity contribution in [2.24, 2.45) is 0 Å². The van der Waals surface area contributed by atoms with Crippen LogP contribution in [0.2, 0.25) is 0 Å². The van der Waals surface area contributed by atoms with Gasteiger partial charge in [0.2, 0.25) is 0 Å². The molecular weight excluding hydrogens is 153 g/mol. The first-order valence-corrected chi connectivity index (χ1v) is 6.16. The number of hydrogen-bond donors (Lipinski definition) is 0. The zero-order chi connectivity index (χ0) is 5.41. The maximum atomic E-state index is 4.79. The largest absolute Gasteiger partial charge is 0.129 e. The van der Waals surface area contributed by atoms with Crippen molar-refractivity contribution in [3.63, 3.8) is 0 Å². The van der Waals surface area contributed by atoms with E-state index >= 15 is 0 Å². The van der Waals surface area contributed by atoms with Crippen molar-refractivity contribution in [2.75, 3.05) is 13.3 Å². The summed E-state index contributed by atoms with van der Waals surface area (Å²) in [5, 5.41) is 0. The van der Waals surface area contributed by atoms with Crippen LogP contribution in [0.1, 0.15) is 0 Å². The molecule has 0 aliphatic carbocycles. The van der Waals surface area contributed by atoms with Crippen LogP contribution in [0.5, 0.6) is 0 Å². The molecule has 38 valence electrons. The van der Waals surface area contributed by atoms with E-state index in [1.54, 1.807) is 0 Å². The second kappa shape index (κ2) is 16.3. The lowest BCUT2D eigenvalue weighted by molar-refractivity contribution is 2.32. The van der Waals surface area contributed by atoms with E-state index in [1.807, 2.05) is 0 Å². The van der Waals surface area contributed by atoms with E-state index in [0.29, 0.717) is 6.71 Å². The van der Waals surface area contributed by atoms with Gasteiger partial charge in [-0.25, -0.2) is 0 Å². The minimum absolute atomic E-state index is 0.472. The van der Waals surface area contributed by atoms with Crippen LogP contribution in [0, 0.1) is 0 Å². The van der Waals surface area contributed by atoms with E-state index in [4.69, 9.17) is 11.2 Å². The molecule has 0 N–H and O–H groups in total. The summed E-state index contributed by atoms with van der Waals surface area (Å²) in [4.78, 5) is 0. The summed E-state index contributed by atoms with van der Waals surface area (Å²) in [7, 11) is 1.08. The maximum Gasteiger partial charge on any atom is 0.0830 e. The number of rotatable bonds is 0. The Labute approximate surface area is 52.1 Å². The van der Waals surface area contributed by atoms with Gasteiger partial charge in [0.15, 0.2) is 0 Å². The van der Waals surface area contributed by atoms with E-state index in [9.17, 15) is 0 Å². The summed E-state index contributed by atoms with van der Waals surface area (Å²) in [6, 6.07) is 0. The van der Waals surface area contributed by atoms with Crippen molar-refractivity contribution in [1.29, 1.82) is 0 Å². The molecule has 6 heavy (non-hydrogen) atoms. The van der Waals surface area contributed by atoms with Crippen molar-refractivity contribution in [2.45, 2.75) is 0 Å². The van der Waals surface area contributed by atoms with E-state index in [2.05, 4.69) is 25.1 Å². The fourth-order valence-electron chi connectivity index (χ4n) is 0. The summed E-state index contributed by atoms with van der Waals surface area (Å²) in [5.41, 5.74) is 0. The van der Waals surface area contributed by atoms with Gasteiger partial charge in [-0.3, -0.25) is 0 Å². The first-order valence-electron chi connectivity index (χ1n) is 1.35. The second-order valence-corrected chi connectivity index (χ2v) is 3.36. The first kappa shape index (κ1) is 10.3. The molecule has 0 spiro atoms. The Morgan fingerprint density at radius 2 is 1.67 bits per heavy atom. The van der Waals surface area contributed by atoms with Crippen LogP contribution in [0.3, 0.4) is 0 Å². The van der Waals surface area contributed by atoms with Gasteiger partial charge in [-0.05, 0) is 36.4 Å². The predicted octanol–water partition coefficient (Wildman–Crippen LogP) is 2.47. The van der Waals surface area contributed by atoms with Gasteiger partial charge in [-0.15, -0.1) is 8.58 Å². The Bertz CT molecular complexity index is 25.5. The van der Waals surface area contributed by atoms with Crippen LogP contribution < -0.4 is 0 Å². The third kappa shape index (κ3) is 61.3. The first-order chi connectivity index (χ1) is 2.83. The van der Waals surface area contributed by atoms with Gasteiger partial charge < -0.3 is 0 Å². The molecule has 0 aromatic rings. The molecule has 0 atom stereocenters. The van der Waals surface area contributed by atoms with Gasteiger partial charge in [0.05, 0.1) is 6.71 Å². The van der Waals surface area contributed by atoms with E-state index in [0.717, 1.165) is 8.58 Å². The molecule has 0 aliphatic heterocycles. The van der Waals surface area contributed by atoms with E-state index < -0.39 is 0 Å². The fourth-order valence-corrected chi connectivity index (χ4v) is 0. The highest BCUT2D eigenvalue weighted by Gasteiger charge is 1.33. The maximum absolute atomic E-state index is 4.79. The third-order valence-corrected chi connectivity index (χ3v) is 0. The molecule has 0 nitrogen and oxygen atoms in total. The highest BCUT2D eigenvalue weighted by molar-refractivity contribution is 8.08. The molecule has 0 unspecified atom stereocenters. The van der Waals surface area contributed by atoms with Crippen molar-refractivity contribution >= 4 is 38.3 Å². The Balaban J connectivity index is 0. The predicted molar refractivity (Wildman–Crippen MR) is 40.3 cm³/mol. The molecule has 0 aliphatic rings. The summed E-state index contributed by atoms with van der Waals surface area (Å²) < 4.78 is 0. The van der Waals surface area contributed by atoms with Gasteiger partial charge in [0.25, 0.3) is 0 Å². The smallest absolute Gasteiger partial charge is 0.0830 e. The zero-order valence-corrected chi connectivity index (χ0v) is 7.20. The summed E-state index contributed by atoms with van der Waals surface area (Å²) in [6.45, 7) is 4.78. The van der Waals surface area contributed by atoms with Gasteiger partial charge in [0.1, 0.15) is 0 Å². The third-order valence-electron chi connectivity index (χ3n) is 0. The molecule has 0 saturated heterocycles. The Kier molecular flexibility index (Phi) is 27.9. The molecule has 0 aromatic heterocycles. The molecule has 0 fully saturated rings. The molecule has 0 saturated carbocycles. The van der Waals surface area contributed by atoms with Crippen LogP contribution in [-0.2, 0) is 11.8 Å². The summed E-state index contributed by atoms with van der Waals surface area (Å²) in [6.07, 6.45) is 0. The molecule has 0 bridgehead atoms. The number of halogens is 1. The van der Waals surface area contributed by atoms with Gasteiger partial charge in [-0.2, -0.15) is 0 Å². The van der Waals surface area contributed by atoms with E-state index in [1.165, 1.54) is 0 Å². The molecular formula is C2H7ClP2S. The average Bonchev–Trinajstić information content (AvgIpc) is 1.39. The summed E-state index contributed by atoms with van der Waals surface area (Å²) >= 11 is 8.92. The van der Waals surface area contributed by atoms with Crippen LogP contribution in [0.15, 0.2) is 0 Å². The van der Waals surface area contributed by atoms with Crippen LogP contribution in [0.25, 0.3) is 0 Å². The molecule has 0 radical (unpaired) electrons. The topological polar surface area (TPSA) is 0 Å². The molecule has 0 amide bonds. The van der Waals surface area contributed by atoms with Crippen LogP contribution in [-0.4, -0.2) is 13.3 Å². The quantitative estimate of drug-likeness (QED) is 0.491. The van der Waals surface area contributed by atoms with Crippen molar-refractivity contribution in [1.82, 2.24) is 0 Å². The minimum atomic E-state index is 0.472. The standard InChI is InChI=1S/C2H7P.ClPS/c1-3-2;1-2-3/h3H,1-2H3;. The SMILES string of the molecule is CPC.S=PCl. The highest BCUT2D eigenvalue weighted by atomic mass is 35.7. The van der Waals surface area contributed by atoms with Gasteiger partial charge in [0, 0.05) is 0 Å². The molecule has 4 heteroatoms. The van der Waals surface area contributed by atoms with Crippen molar-refractivity contribution in [3.05, 3.63) is 0 Å². The van der Waals surface area contributed by atoms with E-state index in [-0.39, 0.29) is 0 Å². The minimum Gasteiger partial charge on any atom is -0.129 e. The molecule has 0 rings (SSSR count). The van der Waals surface area contributed by atoms with Crippen molar-refractivity contribution < 1.29 is 0 Å². The lowest BCUT2D eigenvalue weighted by Crippen LogP contribution is -1.18. The Morgan fingerprint density at radius 1 is 1.67 bits per heavy atom. The Morgan fingerprint density at radius 3 is 1.67 bits per heavy atom. The lowest BCUT2D eigenvalue weighted by Gasteiger charge is -1.50. The van der Waals surface area contributed by atoms with Crippen molar-refractivity contribution in [3.8, 4) is 0 Å². The normalized spacial score (nSPS) is 6.50. The average molecular weight is 161 g/mol. The van der Waals surface area contributed by atoms with Gasteiger partial charge >= 0.3 is 0 Å². The highest BCUT2D eigenvalue weighted by Crippen LogP contribution is 1.93. The number of hydrogen-bond acceptors (Lipinski definition) is 1. The van der Waals surface area contributed by atoms with Crippen LogP contribution >= 0.6 is 26.5 Å². The molecule has 0 aromatic carbocycles. The molecule has 0 heterocycles. The Hall–Kier alpha value is 1.24. The fraction of sp³-hybridized carbons (Fsp3) is 1.00. The summed E-state index contributed by atoms with van der Waals surface area (Å²) in [5.74, 6) is 0. The monoisotopic (exact) mass is 160 g/mol. The second-order valence-electron chi connectivity index (χ2n) is 0.569. The lowest BCUT2D eigenvalue weighted by atomic mass is 11.9.